The number of aliphatic hydroxyl groups excluding tert-OH is 1. The number of carbonyl (C=O) groups excluding carboxylic acids is 1. The summed E-state index contributed by atoms with van der Waals surface area (Å²) in [4.78, 5) is 13.8. The van der Waals surface area contributed by atoms with Gasteiger partial charge in [-0.15, -0.1) is 0 Å². The third-order valence-corrected chi connectivity index (χ3v) is 4.96. The maximum Gasteiger partial charge on any atom is 0.248 e. The van der Waals surface area contributed by atoms with Crippen LogP contribution in [0.3, 0.4) is 0 Å². The zero-order valence-electron chi connectivity index (χ0n) is 14.4. The number of benzene rings is 1. The fourth-order valence-corrected chi connectivity index (χ4v) is 3.62. The molecule has 134 valence electrons. The first-order chi connectivity index (χ1) is 12.1. The quantitative estimate of drug-likeness (QED) is 0.844. The molecule has 1 aromatic heterocycles. The minimum Gasteiger partial charge on any atom is -0.467 e. The van der Waals surface area contributed by atoms with E-state index < -0.39 is 12.0 Å². The molecule has 0 radical (unpaired) electrons. The van der Waals surface area contributed by atoms with E-state index in [1.807, 2.05) is 24.3 Å². The molecule has 2 atom stereocenters. The van der Waals surface area contributed by atoms with Crippen molar-refractivity contribution in [2.24, 2.45) is 5.73 Å². The predicted molar refractivity (Wildman–Crippen MR) is 95.9 cm³/mol. The molecule has 1 fully saturated rings. The van der Waals surface area contributed by atoms with Gasteiger partial charge >= 0.3 is 0 Å². The number of rotatable bonds is 6. The van der Waals surface area contributed by atoms with Gasteiger partial charge in [-0.25, -0.2) is 0 Å². The molecule has 5 nitrogen and oxygen atoms in total. The van der Waals surface area contributed by atoms with Gasteiger partial charge in [0.05, 0.1) is 6.26 Å². The second-order valence-corrected chi connectivity index (χ2v) is 6.81. The highest BCUT2D eigenvalue weighted by Gasteiger charge is 2.25. The number of aliphatic hydroxyl groups is 1. The van der Waals surface area contributed by atoms with Crippen LogP contribution in [0.15, 0.2) is 47.1 Å². The zero-order chi connectivity index (χ0) is 17.6. The normalized spacial score (nSPS) is 20.1. The van der Waals surface area contributed by atoms with E-state index >= 15 is 0 Å². The van der Waals surface area contributed by atoms with Gasteiger partial charge in [0.15, 0.2) is 0 Å². The summed E-state index contributed by atoms with van der Waals surface area (Å²) in [5.74, 6) is 0.224. The summed E-state index contributed by atoms with van der Waals surface area (Å²) in [5, 5.41) is 10.5. The highest BCUT2D eigenvalue weighted by atomic mass is 16.4. The first kappa shape index (κ1) is 17.7. The van der Waals surface area contributed by atoms with E-state index in [-0.39, 0.29) is 0 Å². The van der Waals surface area contributed by atoms with Crippen LogP contribution >= 0.6 is 0 Å². The van der Waals surface area contributed by atoms with Crippen molar-refractivity contribution in [2.45, 2.75) is 50.8 Å². The number of furan rings is 1. The molecule has 2 heterocycles. The van der Waals surface area contributed by atoms with E-state index in [0.29, 0.717) is 23.8 Å². The molecule has 0 spiro atoms. The maximum absolute atomic E-state index is 11.4. The highest BCUT2D eigenvalue weighted by Crippen LogP contribution is 2.28. The molecule has 3 rings (SSSR count). The van der Waals surface area contributed by atoms with Crippen LogP contribution in [0.5, 0.6) is 0 Å². The SMILES string of the molecule is NC(=O)c1cccc(CN2CCCCC[C@@H]2C[C@H](O)c2ccco2)c1. The molecule has 3 N–H and O–H groups in total. The molecule has 0 saturated carbocycles. The topological polar surface area (TPSA) is 79.7 Å². The summed E-state index contributed by atoms with van der Waals surface area (Å²) in [7, 11) is 0. The van der Waals surface area contributed by atoms with Gasteiger partial charge in [-0.2, -0.15) is 0 Å². The molecule has 1 aliphatic rings. The summed E-state index contributed by atoms with van der Waals surface area (Å²) in [5.41, 5.74) is 7.01. The maximum atomic E-state index is 11.4. The fraction of sp³-hybridized carbons (Fsp3) is 0.450. The lowest BCUT2D eigenvalue weighted by atomic mass is 10.0. The monoisotopic (exact) mass is 342 g/mol. The Morgan fingerprint density at radius 3 is 2.92 bits per heavy atom. The van der Waals surface area contributed by atoms with Gasteiger partial charge < -0.3 is 15.3 Å². The molecular formula is C20H26N2O3. The van der Waals surface area contributed by atoms with E-state index in [9.17, 15) is 9.90 Å². The van der Waals surface area contributed by atoms with E-state index in [0.717, 1.165) is 31.5 Å². The van der Waals surface area contributed by atoms with Crippen LogP contribution in [-0.2, 0) is 6.54 Å². The Hall–Kier alpha value is -2.11. The van der Waals surface area contributed by atoms with Crippen molar-refractivity contribution >= 4 is 5.91 Å². The number of hydrogen-bond donors (Lipinski definition) is 2. The van der Waals surface area contributed by atoms with E-state index in [1.165, 1.54) is 12.8 Å². The van der Waals surface area contributed by atoms with Crippen molar-refractivity contribution in [3.63, 3.8) is 0 Å². The lowest BCUT2D eigenvalue weighted by Gasteiger charge is -2.31. The Morgan fingerprint density at radius 2 is 2.16 bits per heavy atom. The van der Waals surface area contributed by atoms with Gasteiger partial charge in [0.1, 0.15) is 11.9 Å². The number of nitrogens with zero attached hydrogens (tertiary/aromatic N) is 1. The minimum atomic E-state index is -0.586. The van der Waals surface area contributed by atoms with Crippen LogP contribution < -0.4 is 5.73 Å². The van der Waals surface area contributed by atoms with Crippen molar-refractivity contribution < 1.29 is 14.3 Å². The van der Waals surface area contributed by atoms with Crippen LogP contribution in [0.1, 0.15) is 59.9 Å². The second-order valence-electron chi connectivity index (χ2n) is 6.81. The van der Waals surface area contributed by atoms with Crippen molar-refractivity contribution in [2.75, 3.05) is 6.54 Å². The third-order valence-electron chi connectivity index (χ3n) is 4.96. The number of carbonyl (C=O) groups is 1. The number of nitrogens with two attached hydrogens (primary N) is 1. The largest absolute Gasteiger partial charge is 0.467 e. The summed E-state index contributed by atoms with van der Waals surface area (Å²) < 4.78 is 5.34. The average molecular weight is 342 g/mol. The Balaban J connectivity index is 1.72. The van der Waals surface area contributed by atoms with Crippen molar-refractivity contribution in [3.8, 4) is 0 Å². The van der Waals surface area contributed by atoms with Gasteiger partial charge in [0.2, 0.25) is 5.91 Å². The van der Waals surface area contributed by atoms with E-state index in [4.69, 9.17) is 10.2 Å². The Labute approximate surface area is 148 Å². The first-order valence-electron chi connectivity index (χ1n) is 8.98. The van der Waals surface area contributed by atoms with Gasteiger partial charge in [0, 0.05) is 18.2 Å². The summed E-state index contributed by atoms with van der Waals surface area (Å²) in [6, 6.07) is 11.4. The van der Waals surface area contributed by atoms with Crippen LogP contribution in [0.25, 0.3) is 0 Å². The Kier molecular flexibility index (Phi) is 5.89. The second kappa shape index (κ2) is 8.32. The lowest BCUT2D eigenvalue weighted by Crippen LogP contribution is -2.35. The summed E-state index contributed by atoms with van der Waals surface area (Å²) >= 11 is 0. The molecule has 25 heavy (non-hydrogen) atoms. The Bertz CT molecular complexity index is 684. The van der Waals surface area contributed by atoms with Crippen LogP contribution in [-0.4, -0.2) is 28.5 Å². The zero-order valence-corrected chi connectivity index (χ0v) is 14.4. The van der Waals surface area contributed by atoms with Crippen LogP contribution in [0.4, 0.5) is 0 Å². The standard InChI is InChI=1S/C20H26N2O3/c21-20(24)16-7-4-6-15(12-16)14-22-10-3-1-2-8-17(22)13-18(23)19-9-5-11-25-19/h4-7,9,11-12,17-18,23H,1-3,8,10,13-14H2,(H2,21,24)/t17-,18+/m1/s1. The Morgan fingerprint density at radius 1 is 1.28 bits per heavy atom. The minimum absolute atomic E-state index is 0.292. The highest BCUT2D eigenvalue weighted by molar-refractivity contribution is 5.92. The van der Waals surface area contributed by atoms with Crippen molar-refractivity contribution in [3.05, 3.63) is 59.5 Å². The lowest BCUT2D eigenvalue weighted by molar-refractivity contribution is 0.0830. The number of primary amides is 1. The number of hydrogen-bond acceptors (Lipinski definition) is 4. The third kappa shape index (κ3) is 4.71. The molecule has 0 aliphatic carbocycles. The molecule has 1 aliphatic heterocycles. The molecular weight excluding hydrogens is 316 g/mol. The first-order valence-corrected chi connectivity index (χ1v) is 8.98. The molecule has 5 heteroatoms. The van der Waals surface area contributed by atoms with Crippen molar-refractivity contribution in [1.82, 2.24) is 4.90 Å². The van der Waals surface area contributed by atoms with Crippen molar-refractivity contribution in [1.29, 1.82) is 0 Å². The van der Waals surface area contributed by atoms with Crippen LogP contribution in [0, 0.1) is 0 Å². The van der Waals surface area contributed by atoms with Gasteiger partial charge in [0.25, 0.3) is 0 Å². The predicted octanol–water partition coefficient (Wildman–Crippen LogP) is 3.25. The van der Waals surface area contributed by atoms with Gasteiger partial charge in [-0.05, 0) is 55.6 Å². The van der Waals surface area contributed by atoms with E-state index in [2.05, 4.69) is 4.90 Å². The molecule has 1 saturated heterocycles. The van der Waals surface area contributed by atoms with Gasteiger partial charge in [-0.1, -0.05) is 25.0 Å². The number of likely N-dealkylation sites (tertiary alicyclic amines) is 1. The van der Waals surface area contributed by atoms with Gasteiger partial charge in [-0.3, -0.25) is 9.69 Å². The smallest absolute Gasteiger partial charge is 0.248 e. The molecule has 1 amide bonds. The molecule has 2 aromatic rings. The molecule has 1 aromatic carbocycles. The summed E-state index contributed by atoms with van der Waals surface area (Å²) in [6.45, 7) is 1.76. The van der Waals surface area contributed by atoms with Crippen LogP contribution in [0.2, 0.25) is 0 Å². The van der Waals surface area contributed by atoms with E-state index in [1.54, 1.807) is 18.4 Å². The molecule has 0 bridgehead atoms. The summed E-state index contributed by atoms with van der Waals surface area (Å²) in [6.07, 6.45) is 6.27. The average Bonchev–Trinajstić information content (AvgIpc) is 3.06. The number of amides is 1. The fourth-order valence-electron chi connectivity index (χ4n) is 3.62. The molecule has 0 unspecified atom stereocenters.